The molecule has 0 saturated heterocycles. The Hall–Kier alpha value is -0.380. The molecule has 1 heterocycles. The van der Waals surface area contributed by atoms with Crippen LogP contribution in [-0.4, -0.2) is 0 Å². The lowest BCUT2D eigenvalue weighted by molar-refractivity contribution is 0.604. The van der Waals surface area contributed by atoms with Crippen LogP contribution in [0.25, 0.3) is 0 Å². The van der Waals surface area contributed by atoms with Crippen LogP contribution in [0.5, 0.6) is 0 Å². The summed E-state index contributed by atoms with van der Waals surface area (Å²) < 4.78 is 14.9. The van der Waals surface area contributed by atoms with E-state index in [0.29, 0.717) is 11.1 Å². The molecular formula is C12H9BrClFS. The maximum atomic E-state index is 13.9. The quantitative estimate of drug-likeness (QED) is 0.660. The smallest absolute Gasteiger partial charge is 0.131 e. The molecule has 0 saturated carbocycles. The lowest BCUT2D eigenvalue weighted by atomic mass is 10.1. The van der Waals surface area contributed by atoms with Crippen molar-refractivity contribution in [1.29, 1.82) is 0 Å². The summed E-state index contributed by atoms with van der Waals surface area (Å²) in [7, 11) is 0. The minimum Gasteiger partial charge on any atom is -0.206 e. The van der Waals surface area contributed by atoms with Crippen molar-refractivity contribution in [2.24, 2.45) is 0 Å². The first-order valence-electron chi connectivity index (χ1n) is 4.74. The second kappa shape index (κ2) is 4.86. The number of benzene rings is 1. The highest BCUT2D eigenvalue weighted by molar-refractivity contribution is 9.11. The van der Waals surface area contributed by atoms with Crippen LogP contribution >= 0.6 is 38.9 Å². The van der Waals surface area contributed by atoms with Gasteiger partial charge in [0.1, 0.15) is 5.82 Å². The van der Waals surface area contributed by atoms with Gasteiger partial charge in [0.15, 0.2) is 0 Å². The largest absolute Gasteiger partial charge is 0.206 e. The predicted octanol–water partition coefficient (Wildman–Crippen LogP) is 5.29. The first-order chi connectivity index (χ1) is 7.59. The van der Waals surface area contributed by atoms with Crippen molar-refractivity contribution in [1.82, 2.24) is 0 Å². The Morgan fingerprint density at radius 2 is 2.06 bits per heavy atom. The summed E-state index contributed by atoms with van der Waals surface area (Å²) in [4.78, 5) is 0.943. The molecule has 0 amide bonds. The van der Waals surface area contributed by atoms with Crippen LogP contribution in [0.1, 0.15) is 21.4 Å². The molecule has 0 radical (unpaired) electrons. The molecular weight excluding hydrogens is 311 g/mol. The molecule has 0 aliphatic rings. The summed E-state index contributed by atoms with van der Waals surface area (Å²) in [6, 6.07) is 9.13. The average Bonchev–Trinajstić information content (AvgIpc) is 2.68. The van der Waals surface area contributed by atoms with Gasteiger partial charge in [-0.05, 0) is 40.5 Å². The second-order valence-corrected chi connectivity index (χ2v) is 6.41. The molecule has 1 atom stereocenters. The monoisotopic (exact) mass is 318 g/mol. The van der Waals surface area contributed by atoms with Crippen molar-refractivity contribution in [3.05, 3.63) is 55.9 Å². The number of hydrogen-bond donors (Lipinski definition) is 0. The Kier molecular flexibility index (Phi) is 3.67. The summed E-state index contributed by atoms with van der Waals surface area (Å²) in [6.07, 6.45) is 0. The van der Waals surface area contributed by atoms with Crippen LogP contribution in [0.3, 0.4) is 0 Å². The normalized spacial score (nSPS) is 12.8. The van der Waals surface area contributed by atoms with Crippen LogP contribution in [0.2, 0.25) is 0 Å². The summed E-state index contributed by atoms with van der Waals surface area (Å²) >= 11 is 11.2. The number of thiophene rings is 1. The van der Waals surface area contributed by atoms with Gasteiger partial charge in [-0.15, -0.1) is 22.9 Å². The van der Waals surface area contributed by atoms with Crippen molar-refractivity contribution in [2.45, 2.75) is 12.3 Å². The van der Waals surface area contributed by atoms with Crippen molar-refractivity contribution < 1.29 is 4.39 Å². The van der Waals surface area contributed by atoms with Gasteiger partial charge in [0.25, 0.3) is 0 Å². The molecule has 1 aromatic heterocycles. The van der Waals surface area contributed by atoms with Gasteiger partial charge in [-0.1, -0.05) is 18.2 Å². The number of aryl methyl sites for hydroxylation is 1. The minimum absolute atomic E-state index is 0.216. The zero-order valence-electron chi connectivity index (χ0n) is 8.51. The summed E-state index contributed by atoms with van der Waals surface area (Å²) in [5.74, 6) is -0.216. The fourth-order valence-corrected chi connectivity index (χ4v) is 3.28. The SMILES string of the molecule is Cc1cccc(C(Cl)c2ccc(Br)s2)c1F. The summed E-state index contributed by atoms with van der Waals surface area (Å²) in [6.45, 7) is 1.74. The molecule has 0 aliphatic carbocycles. The Balaban J connectivity index is 2.41. The third kappa shape index (κ3) is 2.31. The summed E-state index contributed by atoms with van der Waals surface area (Å²) in [5, 5.41) is -0.420. The molecule has 0 fully saturated rings. The van der Waals surface area contributed by atoms with Crippen molar-refractivity contribution in [2.75, 3.05) is 0 Å². The molecule has 2 rings (SSSR count). The average molecular weight is 320 g/mol. The number of rotatable bonds is 2. The summed E-state index contributed by atoms with van der Waals surface area (Å²) in [5.41, 5.74) is 1.16. The molecule has 2 aromatic rings. The van der Waals surface area contributed by atoms with Gasteiger partial charge in [0, 0.05) is 10.4 Å². The van der Waals surface area contributed by atoms with Gasteiger partial charge < -0.3 is 0 Å². The van der Waals surface area contributed by atoms with Gasteiger partial charge in [-0.3, -0.25) is 0 Å². The first kappa shape index (κ1) is 12.1. The van der Waals surface area contributed by atoms with Crippen molar-refractivity contribution in [3.63, 3.8) is 0 Å². The zero-order valence-corrected chi connectivity index (χ0v) is 11.7. The Labute approximate surface area is 111 Å². The molecule has 0 spiro atoms. The maximum Gasteiger partial charge on any atom is 0.131 e. The van der Waals surface area contributed by atoms with Crippen molar-refractivity contribution in [3.8, 4) is 0 Å². The van der Waals surface area contributed by atoms with E-state index >= 15 is 0 Å². The van der Waals surface area contributed by atoms with E-state index in [0.717, 1.165) is 8.66 Å². The third-order valence-electron chi connectivity index (χ3n) is 2.34. The number of hydrogen-bond acceptors (Lipinski definition) is 1. The van der Waals surface area contributed by atoms with Gasteiger partial charge >= 0.3 is 0 Å². The Morgan fingerprint density at radius 1 is 1.31 bits per heavy atom. The van der Waals surface area contributed by atoms with Gasteiger partial charge in [0.05, 0.1) is 9.16 Å². The molecule has 0 nitrogen and oxygen atoms in total. The molecule has 4 heteroatoms. The minimum atomic E-state index is -0.420. The first-order valence-corrected chi connectivity index (χ1v) is 6.78. The van der Waals surface area contributed by atoms with Gasteiger partial charge in [0.2, 0.25) is 0 Å². The fraction of sp³-hybridized carbons (Fsp3) is 0.167. The van der Waals surface area contributed by atoms with E-state index < -0.39 is 5.38 Å². The van der Waals surface area contributed by atoms with E-state index in [4.69, 9.17) is 11.6 Å². The lowest BCUT2D eigenvalue weighted by Crippen LogP contribution is -1.96. The van der Waals surface area contributed by atoms with Crippen LogP contribution in [0.4, 0.5) is 4.39 Å². The molecule has 1 aromatic carbocycles. The van der Waals surface area contributed by atoms with Gasteiger partial charge in [-0.25, -0.2) is 4.39 Å². The zero-order chi connectivity index (χ0) is 11.7. The topological polar surface area (TPSA) is 0 Å². The van der Waals surface area contributed by atoms with E-state index in [9.17, 15) is 4.39 Å². The standard InChI is InChI=1S/C12H9BrClFS/c1-7-3-2-4-8(12(7)15)11(14)9-5-6-10(13)16-9/h2-6,11H,1H3. The van der Waals surface area contributed by atoms with E-state index in [1.54, 1.807) is 19.1 Å². The lowest BCUT2D eigenvalue weighted by Gasteiger charge is -2.10. The van der Waals surface area contributed by atoms with Crippen LogP contribution < -0.4 is 0 Å². The molecule has 84 valence electrons. The Morgan fingerprint density at radius 3 is 2.69 bits per heavy atom. The molecule has 0 N–H and O–H groups in total. The Bertz CT molecular complexity index is 509. The fourth-order valence-electron chi connectivity index (χ4n) is 1.48. The molecule has 0 aliphatic heterocycles. The number of halogens is 3. The second-order valence-electron chi connectivity index (χ2n) is 3.48. The van der Waals surface area contributed by atoms with E-state index in [1.165, 1.54) is 11.3 Å². The van der Waals surface area contributed by atoms with Crippen LogP contribution in [0, 0.1) is 12.7 Å². The molecule has 16 heavy (non-hydrogen) atoms. The van der Waals surface area contributed by atoms with Crippen LogP contribution in [0.15, 0.2) is 34.1 Å². The van der Waals surface area contributed by atoms with E-state index in [-0.39, 0.29) is 5.82 Å². The third-order valence-corrected chi connectivity index (χ3v) is 4.63. The maximum absolute atomic E-state index is 13.9. The van der Waals surface area contributed by atoms with E-state index in [1.807, 2.05) is 18.2 Å². The van der Waals surface area contributed by atoms with Crippen molar-refractivity contribution >= 4 is 38.9 Å². The van der Waals surface area contributed by atoms with E-state index in [2.05, 4.69) is 15.9 Å². The number of alkyl halides is 1. The highest BCUT2D eigenvalue weighted by Gasteiger charge is 2.17. The van der Waals surface area contributed by atoms with Gasteiger partial charge in [-0.2, -0.15) is 0 Å². The highest BCUT2D eigenvalue weighted by Crippen LogP contribution is 2.36. The molecule has 1 unspecified atom stereocenters. The highest BCUT2D eigenvalue weighted by atomic mass is 79.9. The molecule has 0 bridgehead atoms. The predicted molar refractivity (Wildman–Crippen MR) is 70.9 cm³/mol. The van der Waals surface area contributed by atoms with Crippen LogP contribution in [-0.2, 0) is 0 Å².